The molecule has 4 aromatic carbocycles. The van der Waals surface area contributed by atoms with Crippen LogP contribution in [0.5, 0.6) is 51.7 Å². The first kappa shape index (κ1) is 24.8. The van der Waals surface area contributed by atoms with Crippen LogP contribution in [0.2, 0.25) is 0 Å². The van der Waals surface area contributed by atoms with E-state index >= 15 is 0 Å². The number of phenols is 2. The fourth-order valence-electron chi connectivity index (χ4n) is 6.39. The average Bonchev–Trinajstić information content (AvgIpc) is 2.99. The van der Waals surface area contributed by atoms with Crippen molar-refractivity contribution in [1.82, 2.24) is 9.88 Å². The number of benzene rings is 4. The van der Waals surface area contributed by atoms with Gasteiger partial charge >= 0.3 is 0 Å². The van der Waals surface area contributed by atoms with Crippen LogP contribution < -0.4 is 18.9 Å². The maximum absolute atomic E-state index is 11.4. The Morgan fingerprint density at radius 1 is 0.881 bits per heavy atom. The van der Waals surface area contributed by atoms with Crippen molar-refractivity contribution in [3.05, 3.63) is 94.8 Å². The van der Waals surface area contributed by atoms with Crippen LogP contribution in [-0.2, 0) is 19.3 Å². The van der Waals surface area contributed by atoms with Crippen LogP contribution in [0, 0.1) is 0 Å². The summed E-state index contributed by atoms with van der Waals surface area (Å²) in [6.45, 7) is 0.765. The predicted octanol–water partition coefficient (Wildman–Crippen LogP) is 7.02. The molecule has 0 saturated heterocycles. The summed E-state index contributed by atoms with van der Waals surface area (Å²) in [5.74, 6) is 3.52. The van der Waals surface area contributed by atoms with Gasteiger partial charge in [-0.1, -0.05) is 18.2 Å². The third-order valence-corrected chi connectivity index (χ3v) is 8.58. The number of nitrogens with zero attached hydrogens (tertiary/aromatic N) is 2. The Morgan fingerprint density at radius 2 is 1.67 bits per heavy atom. The molecule has 0 amide bonds. The van der Waals surface area contributed by atoms with Crippen LogP contribution >= 0.6 is 0 Å². The summed E-state index contributed by atoms with van der Waals surface area (Å²) in [5.41, 5.74) is 4.60. The van der Waals surface area contributed by atoms with E-state index < -0.39 is 0 Å². The number of aromatic nitrogens is 1. The van der Waals surface area contributed by atoms with Crippen LogP contribution in [0.1, 0.15) is 34.0 Å². The van der Waals surface area contributed by atoms with Gasteiger partial charge in [0.1, 0.15) is 5.75 Å². The number of pyridine rings is 1. The molecular formula is C34H28N2O6. The second-order valence-corrected chi connectivity index (χ2v) is 11.1. The molecule has 4 aliphatic rings. The minimum atomic E-state index is -0.0893. The number of rotatable bonds is 1. The Morgan fingerprint density at radius 3 is 2.50 bits per heavy atom. The van der Waals surface area contributed by atoms with Gasteiger partial charge in [-0.05, 0) is 78.9 Å². The topological polar surface area (TPSA) is 93.5 Å². The summed E-state index contributed by atoms with van der Waals surface area (Å²) in [4.78, 5) is 6.99. The van der Waals surface area contributed by atoms with Gasteiger partial charge in [0.25, 0.3) is 0 Å². The van der Waals surface area contributed by atoms with Gasteiger partial charge in [0.2, 0.25) is 11.5 Å². The van der Waals surface area contributed by atoms with Gasteiger partial charge in [-0.15, -0.1) is 0 Å². The van der Waals surface area contributed by atoms with Crippen molar-refractivity contribution in [1.29, 1.82) is 0 Å². The molecule has 0 radical (unpaired) electrons. The lowest BCUT2D eigenvalue weighted by atomic mass is 9.86. The molecule has 1 aromatic heterocycles. The quantitative estimate of drug-likeness (QED) is 0.222. The molecule has 1 atom stereocenters. The molecule has 8 nitrogen and oxygen atoms in total. The van der Waals surface area contributed by atoms with E-state index in [0.717, 1.165) is 45.3 Å². The fraction of sp³-hybridized carbons (Fsp3) is 0.206. The highest BCUT2D eigenvalue weighted by atomic mass is 16.6. The first-order valence-electron chi connectivity index (χ1n) is 14.0. The van der Waals surface area contributed by atoms with E-state index in [-0.39, 0.29) is 23.3 Å². The van der Waals surface area contributed by atoms with Crippen molar-refractivity contribution >= 4 is 10.8 Å². The Labute approximate surface area is 242 Å². The summed E-state index contributed by atoms with van der Waals surface area (Å²) < 4.78 is 25.0. The van der Waals surface area contributed by atoms with E-state index in [9.17, 15) is 10.2 Å². The Hall–Kier alpha value is -4.95. The van der Waals surface area contributed by atoms with E-state index in [1.165, 1.54) is 7.11 Å². The standard InChI is InChI=1S/C34H28N2O6/c1-36-12-10-22-30-25(36)14-18-3-6-21(7-4-18)40-27-15-19(5-8-26(27)37)13-24-23-17-29-28(16-20(23)9-11-35-24)42-34(32(30)41-29)33(39-2)31(22)38/h3-9,11,15-17,25,37-38H,10,12-14H2,1-2H3. The molecule has 8 heteroatoms. The summed E-state index contributed by atoms with van der Waals surface area (Å²) >= 11 is 0. The lowest BCUT2D eigenvalue weighted by molar-refractivity contribution is 0.216. The lowest BCUT2D eigenvalue weighted by Crippen LogP contribution is -2.34. The smallest absolute Gasteiger partial charge is 0.216 e. The highest BCUT2D eigenvalue weighted by Crippen LogP contribution is 2.59. The number of fused-ring (bicyclic) bond motifs is 2. The minimum Gasteiger partial charge on any atom is -0.504 e. The number of hydrogen-bond donors (Lipinski definition) is 2. The average molecular weight is 561 g/mol. The maximum atomic E-state index is 11.4. The molecule has 210 valence electrons. The van der Waals surface area contributed by atoms with Gasteiger partial charge in [0.15, 0.2) is 34.5 Å². The third-order valence-electron chi connectivity index (χ3n) is 8.58. The van der Waals surface area contributed by atoms with E-state index in [2.05, 4.69) is 11.9 Å². The molecule has 0 spiro atoms. The van der Waals surface area contributed by atoms with E-state index in [4.69, 9.17) is 23.9 Å². The van der Waals surface area contributed by atoms with Gasteiger partial charge in [-0.25, -0.2) is 0 Å². The first-order chi connectivity index (χ1) is 20.5. The van der Waals surface area contributed by atoms with E-state index in [0.29, 0.717) is 53.8 Å². The first-order valence-corrected chi connectivity index (χ1v) is 14.0. The Kier molecular flexibility index (Phi) is 5.49. The number of aromatic hydroxyl groups is 2. The van der Waals surface area contributed by atoms with E-state index in [1.807, 2.05) is 54.6 Å². The molecule has 42 heavy (non-hydrogen) atoms. The van der Waals surface area contributed by atoms with Crippen LogP contribution in [0.4, 0.5) is 0 Å². The second-order valence-electron chi connectivity index (χ2n) is 11.1. The van der Waals surface area contributed by atoms with Gasteiger partial charge in [0, 0.05) is 41.7 Å². The summed E-state index contributed by atoms with van der Waals surface area (Å²) in [6.07, 6.45) is 3.61. The van der Waals surface area contributed by atoms with Crippen LogP contribution in [0.3, 0.4) is 0 Å². The van der Waals surface area contributed by atoms with Gasteiger partial charge in [-0.3, -0.25) is 9.88 Å². The molecule has 9 rings (SSSR count). The SMILES string of the molecule is COc1c(O)c2c3c4c1Oc1cc5ccnc(c5cc1O4)Cc1ccc(O)c(c1)Oc1ccc(cc1)CC3N(C)CC2. The Bertz CT molecular complexity index is 1900. The zero-order chi connectivity index (χ0) is 28.5. The molecular weight excluding hydrogens is 532 g/mol. The fourth-order valence-corrected chi connectivity index (χ4v) is 6.39. The summed E-state index contributed by atoms with van der Waals surface area (Å²) in [7, 11) is 3.62. The monoisotopic (exact) mass is 560 g/mol. The molecule has 0 saturated carbocycles. The van der Waals surface area contributed by atoms with Gasteiger partial charge in [0.05, 0.1) is 12.8 Å². The normalized spacial score (nSPS) is 16.9. The van der Waals surface area contributed by atoms with Crippen molar-refractivity contribution < 1.29 is 29.2 Å². The van der Waals surface area contributed by atoms with Gasteiger partial charge in [-0.2, -0.15) is 0 Å². The maximum Gasteiger partial charge on any atom is 0.216 e. The highest BCUT2D eigenvalue weighted by Gasteiger charge is 2.38. The molecule has 5 heterocycles. The Balaban J connectivity index is 1.38. The number of hydrogen-bond acceptors (Lipinski definition) is 8. The minimum absolute atomic E-state index is 0.0711. The van der Waals surface area contributed by atoms with Crippen molar-refractivity contribution in [3.63, 3.8) is 0 Å². The number of ether oxygens (including phenoxy) is 4. The predicted molar refractivity (Wildman–Crippen MR) is 157 cm³/mol. The number of phenolic OH excluding ortho intramolecular Hbond substituents is 2. The molecule has 7 bridgehead atoms. The van der Waals surface area contributed by atoms with Crippen molar-refractivity contribution in [2.24, 2.45) is 0 Å². The lowest BCUT2D eigenvalue weighted by Gasteiger charge is -2.38. The van der Waals surface area contributed by atoms with Crippen molar-refractivity contribution in [2.45, 2.75) is 25.3 Å². The molecule has 0 aliphatic carbocycles. The van der Waals surface area contributed by atoms with Crippen LogP contribution in [0.15, 0.2) is 66.9 Å². The zero-order valence-electron chi connectivity index (χ0n) is 23.2. The molecule has 5 aromatic rings. The van der Waals surface area contributed by atoms with E-state index in [1.54, 1.807) is 12.3 Å². The van der Waals surface area contributed by atoms with Crippen molar-refractivity contribution in [2.75, 3.05) is 20.7 Å². The highest BCUT2D eigenvalue weighted by molar-refractivity contribution is 5.89. The summed E-state index contributed by atoms with van der Waals surface area (Å²) in [5, 5.41) is 23.8. The molecule has 0 fully saturated rings. The third kappa shape index (κ3) is 3.83. The number of methoxy groups -OCH3 is 1. The molecule has 4 aliphatic heterocycles. The van der Waals surface area contributed by atoms with Crippen LogP contribution in [-0.4, -0.2) is 40.8 Å². The summed E-state index contributed by atoms with van der Waals surface area (Å²) in [6, 6.07) is 19.0. The molecule has 1 unspecified atom stereocenters. The zero-order valence-corrected chi connectivity index (χ0v) is 23.2. The number of likely N-dealkylation sites (N-methyl/N-ethyl adjacent to an activating group) is 1. The second kappa shape index (κ2) is 9.29. The van der Waals surface area contributed by atoms with Crippen LogP contribution in [0.25, 0.3) is 10.8 Å². The van der Waals surface area contributed by atoms with Crippen molar-refractivity contribution in [3.8, 4) is 51.7 Å². The largest absolute Gasteiger partial charge is 0.504 e. The van der Waals surface area contributed by atoms with Gasteiger partial charge < -0.3 is 29.2 Å². The molecule has 2 N–H and O–H groups in total.